The van der Waals surface area contributed by atoms with Gasteiger partial charge in [-0.15, -0.1) is 6.42 Å². The summed E-state index contributed by atoms with van der Waals surface area (Å²) in [6.45, 7) is 1.58. The van der Waals surface area contributed by atoms with Gasteiger partial charge in [0.1, 0.15) is 18.8 Å². The molecule has 0 aromatic heterocycles. The number of nitrogens with one attached hydrogen (secondary N) is 1. The minimum atomic E-state index is -1.28. The van der Waals surface area contributed by atoms with E-state index in [1.54, 1.807) is 12.1 Å². The molecule has 0 spiro atoms. The molecule has 2 rings (SSSR count). The van der Waals surface area contributed by atoms with Crippen LogP contribution in [0.4, 0.5) is 4.79 Å². The molecular weight excluding hydrogens is 455 g/mol. The number of nitrogens with zero attached hydrogens (tertiary/aromatic N) is 1. The van der Waals surface area contributed by atoms with Crippen LogP contribution in [0.15, 0.2) is 17.8 Å². The van der Waals surface area contributed by atoms with Crippen LogP contribution in [-0.2, 0) is 9.59 Å². The fourth-order valence-electron chi connectivity index (χ4n) is 2.21. The highest BCUT2D eigenvalue weighted by atomic mass is 127. The van der Waals surface area contributed by atoms with E-state index in [4.69, 9.17) is 21.0 Å². The number of terminal acetylenes is 1. The zero-order chi connectivity index (χ0) is 19.3. The zero-order valence-electron chi connectivity index (χ0n) is 13.7. The van der Waals surface area contributed by atoms with Crippen LogP contribution in [0.1, 0.15) is 12.5 Å². The first kappa shape index (κ1) is 19.6. The van der Waals surface area contributed by atoms with Crippen LogP contribution < -0.4 is 14.8 Å². The van der Waals surface area contributed by atoms with E-state index in [0.717, 1.165) is 0 Å². The smallest absolute Gasteiger partial charge is 0.329 e. The second-order valence-corrected chi connectivity index (χ2v) is 6.19. The molecule has 0 bridgehead atoms. The van der Waals surface area contributed by atoms with Gasteiger partial charge >= 0.3 is 12.0 Å². The van der Waals surface area contributed by atoms with E-state index < -0.39 is 24.5 Å². The van der Waals surface area contributed by atoms with Gasteiger partial charge in [0.2, 0.25) is 0 Å². The van der Waals surface area contributed by atoms with Crippen molar-refractivity contribution in [2.24, 2.45) is 0 Å². The lowest BCUT2D eigenvalue weighted by molar-refractivity contribution is -0.140. The van der Waals surface area contributed by atoms with Crippen molar-refractivity contribution < 1.29 is 29.0 Å². The van der Waals surface area contributed by atoms with Gasteiger partial charge in [0.05, 0.1) is 10.2 Å². The summed E-state index contributed by atoms with van der Waals surface area (Å²) in [4.78, 5) is 35.3. The molecule has 2 N–H and O–H groups in total. The number of hydrogen-bond acceptors (Lipinski definition) is 5. The van der Waals surface area contributed by atoms with E-state index in [0.29, 0.717) is 32.1 Å². The van der Waals surface area contributed by atoms with Gasteiger partial charge in [0.25, 0.3) is 5.91 Å². The maximum Gasteiger partial charge on any atom is 0.329 e. The quantitative estimate of drug-likeness (QED) is 0.272. The van der Waals surface area contributed by atoms with Crippen molar-refractivity contribution in [1.29, 1.82) is 0 Å². The van der Waals surface area contributed by atoms with Crippen molar-refractivity contribution in [3.63, 3.8) is 0 Å². The Labute approximate surface area is 163 Å². The van der Waals surface area contributed by atoms with Gasteiger partial charge in [-0.25, -0.2) is 9.69 Å². The molecule has 0 radical (unpaired) electrons. The third-order valence-electron chi connectivity index (χ3n) is 3.20. The summed E-state index contributed by atoms with van der Waals surface area (Å²) in [5, 5.41) is 11.1. The maximum atomic E-state index is 12.2. The van der Waals surface area contributed by atoms with Gasteiger partial charge in [-0.2, -0.15) is 0 Å². The van der Waals surface area contributed by atoms with Gasteiger partial charge in [0, 0.05) is 0 Å². The van der Waals surface area contributed by atoms with Crippen LogP contribution in [-0.4, -0.2) is 47.7 Å². The summed E-state index contributed by atoms with van der Waals surface area (Å²) < 4.78 is 11.8. The molecular formula is C17H15IN2O6. The normalized spacial score (nSPS) is 15.0. The summed E-state index contributed by atoms with van der Waals surface area (Å²) in [7, 11) is 0. The third kappa shape index (κ3) is 4.45. The Kier molecular flexibility index (Phi) is 6.46. The third-order valence-corrected chi connectivity index (χ3v) is 4.00. The largest absolute Gasteiger partial charge is 0.490 e. The summed E-state index contributed by atoms with van der Waals surface area (Å²) in [5.74, 6) is 1.32. The van der Waals surface area contributed by atoms with Gasteiger partial charge in [-0.1, -0.05) is 5.92 Å². The molecule has 1 aliphatic heterocycles. The summed E-state index contributed by atoms with van der Waals surface area (Å²) >= 11 is 2.04. The molecule has 1 aliphatic rings. The fraction of sp³-hybridized carbons (Fsp3) is 0.235. The number of imide groups is 1. The van der Waals surface area contributed by atoms with Gasteiger partial charge in [0.15, 0.2) is 11.5 Å². The van der Waals surface area contributed by atoms with E-state index >= 15 is 0 Å². The molecule has 0 unspecified atom stereocenters. The average molecular weight is 470 g/mol. The molecule has 136 valence electrons. The molecule has 9 heteroatoms. The maximum absolute atomic E-state index is 12.2. The monoisotopic (exact) mass is 470 g/mol. The molecule has 3 amide bonds. The zero-order valence-corrected chi connectivity index (χ0v) is 15.9. The Balaban J connectivity index is 2.35. The first-order valence-electron chi connectivity index (χ1n) is 7.46. The van der Waals surface area contributed by atoms with Crippen LogP contribution in [0.3, 0.4) is 0 Å². The number of halogens is 1. The Morgan fingerprint density at radius 2 is 2.15 bits per heavy atom. The van der Waals surface area contributed by atoms with Crippen LogP contribution in [0.5, 0.6) is 11.5 Å². The van der Waals surface area contributed by atoms with E-state index in [-0.39, 0.29) is 12.3 Å². The number of rotatable bonds is 7. The number of carbonyl (C=O) groups excluding carboxylic acids is 2. The van der Waals surface area contributed by atoms with Crippen LogP contribution in [0.25, 0.3) is 6.08 Å². The summed E-state index contributed by atoms with van der Waals surface area (Å²) in [6, 6.07) is 2.59. The number of carbonyl (C=O) groups is 3. The number of amides is 3. The average Bonchev–Trinajstić information content (AvgIpc) is 2.81. The number of ether oxygens (including phenoxy) is 2. The molecule has 0 aliphatic carbocycles. The molecule has 26 heavy (non-hydrogen) atoms. The van der Waals surface area contributed by atoms with Gasteiger partial charge in [-0.05, 0) is 53.3 Å². The first-order valence-corrected chi connectivity index (χ1v) is 8.54. The molecule has 0 atom stereocenters. The molecule has 0 saturated carbocycles. The number of aliphatic carboxylic acids is 1. The highest BCUT2D eigenvalue weighted by Crippen LogP contribution is 2.35. The first-order chi connectivity index (χ1) is 12.4. The van der Waals surface area contributed by atoms with E-state index in [2.05, 4.69) is 11.2 Å². The van der Waals surface area contributed by atoms with Gasteiger partial charge < -0.3 is 19.9 Å². The molecule has 1 aromatic carbocycles. The minimum absolute atomic E-state index is 0.0215. The highest BCUT2D eigenvalue weighted by Gasteiger charge is 2.34. The molecule has 1 aromatic rings. The number of carboxylic acids is 1. The minimum Gasteiger partial charge on any atom is -0.490 e. The van der Waals surface area contributed by atoms with Crippen molar-refractivity contribution in [1.82, 2.24) is 10.2 Å². The predicted molar refractivity (Wildman–Crippen MR) is 101 cm³/mol. The molecule has 1 heterocycles. The van der Waals surface area contributed by atoms with E-state index in [9.17, 15) is 14.4 Å². The van der Waals surface area contributed by atoms with E-state index in [1.165, 1.54) is 6.08 Å². The SMILES string of the molecule is C#CCOc1c(I)cc(/C=C2/NC(=O)N(CC(=O)O)C2=O)cc1OCC. The number of hydrogen-bond donors (Lipinski definition) is 2. The van der Waals surface area contributed by atoms with Crippen molar-refractivity contribution >= 4 is 46.6 Å². The Hall–Kier alpha value is -2.74. The topological polar surface area (TPSA) is 105 Å². The number of carboxylic acid groups (broad SMARTS) is 1. The second-order valence-electron chi connectivity index (χ2n) is 5.03. The lowest BCUT2D eigenvalue weighted by atomic mass is 10.1. The Morgan fingerprint density at radius 3 is 2.77 bits per heavy atom. The molecule has 1 saturated heterocycles. The van der Waals surface area contributed by atoms with Crippen molar-refractivity contribution in [3.8, 4) is 23.8 Å². The van der Waals surface area contributed by atoms with Crippen LogP contribution >= 0.6 is 22.6 Å². The standard InChI is InChI=1S/C17H15IN2O6/c1-3-5-26-15-11(18)6-10(8-13(15)25-4-2)7-12-16(23)20(9-14(21)22)17(24)19-12/h1,6-8H,4-5,9H2,2H3,(H,19,24)(H,21,22)/b12-7+. The second kappa shape index (κ2) is 8.57. The van der Waals surface area contributed by atoms with Crippen molar-refractivity contribution in [2.75, 3.05) is 19.8 Å². The summed E-state index contributed by atoms with van der Waals surface area (Å²) in [5.41, 5.74) is 0.554. The lowest BCUT2D eigenvalue weighted by Gasteiger charge is -2.13. The predicted octanol–water partition coefficient (Wildman–Crippen LogP) is 1.68. The van der Waals surface area contributed by atoms with Crippen LogP contribution in [0, 0.1) is 15.9 Å². The number of urea groups is 1. The van der Waals surface area contributed by atoms with Crippen molar-refractivity contribution in [3.05, 3.63) is 27.0 Å². The lowest BCUT2D eigenvalue weighted by Crippen LogP contribution is -2.35. The molecule has 8 nitrogen and oxygen atoms in total. The Bertz CT molecular complexity index is 827. The van der Waals surface area contributed by atoms with Crippen molar-refractivity contribution in [2.45, 2.75) is 6.92 Å². The van der Waals surface area contributed by atoms with Gasteiger partial charge in [-0.3, -0.25) is 9.59 Å². The number of benzene rings is 1. The molecule has 1 fully saturated rings. The van der Waals surface area contributed by atoms with Crippen LogP contribution in [0.2, 0.25) is 0 Å². The Morgan fingerprint density at radius 1 is 1.42 bits per heavy atom. The summed E-state index contributed by atoms with van der Waals surface area (Å²) in [6.07, 6.45) is 6.66. The van der Waals surface area contributed by atoms with E-state index in [1.807, 2.05) is 29.5 Å². The fourth-order valence-corrected chi connectivity index (χ4v) is 2.99. The highest BCUT2D eigenvalue weighted by molar-refractivity contribution is 14.1.